The highest BCUT2D eigenvalue weighted by Gasteiger charge is 2.09. The van der Waals surface area contributed by atoms with Crippen LogP contribution in [0.3, 0.4) is 0 Å². The van der Waals surface area contributed by atoms with E-state index in [1.54, 1.807) is 6.92 Å². The molecule has 0 aliphatic heterocycles. The van der Waals surface area contributed by atoms with E-state index in [1.807, 2.05) is 6.92 Å². The first-order valence-electron chi connectivity index (χ1n) is 8.78. The first-order chi connectivity index (χ1) is 11.3. The van der Waals surface area contributed by atoms with Crippen LogP contribution in [0.2, 0.25) is 0 Å². The third kappa shape index (κ3) is 15.3. The van der Waals surface area contributed by atoms with Crippen LogP contribution in [0.15, 0.2) is 0 Å². The maximum absolute atomic E-state index is 11.4. The average molecular weight is 388 g/mol. The summed E-state index contributed by atoms with van der Waals surface area (Å²) in [6.07, 6.45) is 5.57. The van der Waals surface area contributed by atoms with Crippen LogP contribution < -0.4 is 5.32 Å². The molecule has 0 aromatic carbocycles. The van der Waals surface area contributed by atoms with Crippen molar-refractivity contribution in [2.45, 2.75) is 58.8 Å². The molecule has 0 aliphatic rings. The van der Waals surface area contributed by atoms with Gasteiger partial charge in [-0.1, -0.05) is 33.1 Å². The molecule has 9 heteroatoms. The van der Waals surface area contributed by atoms with Crippen LogP contribution in [0.1, 0.15) is 58.8 Å². The van der Waals surface area contributed by atoms with Gasteiger partial charge in [0.05, 0.1) is 24.7 Å². The fourth-order valence-electron chi connectivity index (χ4n) is 1.95. The Morgan fingerprint density at radius 3 is 1.96 bits per heavy atom. The molecule has 0 rings (SSSR count). The molecule has 0 aliphatic carbocycles. The molecule has 0 aromatic heterocycles. The van der Waals surface area contributed by atoms with E-state index in [1.165, 1.54) is 0 Å². The average Bonchev–Trinajstić information content (AvgIpc) is 2.50. The number of hydrogen-bond donors (Lipinski definition) is 1. The zero-order chi connectivity index (χ0) is 18.3. The van der Waals surface area contributed by atoms with Gasteiger partial charge >= 0.3 is 0 Å². The lowest BCUT2D eigenvalue weighted by Gasteiger charge is -2.07. The van der Waals surface area contributed by atoms with Crippen molar-refractivity contribution in [3.63, 3.8) is 0 Å². The summed E-state index contributed by atoms with van der Waals surface area (Å²) in [6.45, 7) is 5.44. The molecular formula is C15H33NO6S2. The summed E-state index contributed by atoms with van der Waals surface area (Å²) in [5.74, 6) is 0.159. The maximum Gasteiger partial charge on any atom is 0.267 e. The maximum atomic E-state index is 11.4. The Morgan fingerprint density at radius 1 is 0.667 bits per heavy atom. The van der Waals surface area contributed by atoms with Crippen LogP contribution in [0.25, 0.3) is 0 Å². The van der Waals surface area contributed by atoms with E-state index in [-0.39, 0.29) is 24.7 Å². The number of hydrogen-bond acceptors (Lipinski definition) is 7. The molecule has 7 nitrogen and oxygen atoms in total. The predicted molar refractivity (Wildman–Crippen MR) is 96.0 cm³/mol. The summed E-state index contributed by atoms with van der Waals surface area (Å²) in [7, 11) is -6.70. The fourth-order valence-corrected chi connectivity index (χ4v) is 4.03. The Balaban J connectivity index is 3.40. The Hall–Kier alpha value is -0.220. The number of unbranched alkanes of at least 4 members (excludes halogenated alkanes) is 4. The molecular weight excluding hydrogens is 354 g/mol. The van der Waals surface area contributed by atoms with Crippen molar-refractivity contribution in [2.75, 3.05) is 37.8 Å². The predicted octanol–water partition coefficient (Wildman–Crippen LogP) is 2.04. The smallest absolute Gasteiger partial charge is 0.267 e. The molecule has 24 heavy (non-hydrogen) atoms. The standard InChI is InChI=1S/C15H33NO6S2/c1-3-5-15-24(19,20)22-13-11-16-10-8-6-7-9-12-21-23(17,18)14-4-2/h16H,3-15H2,1-2H3. The molecule has 0 unspecified atom stereocenters. The molecule has 0 bridgehead atoms. The Labute approximate surface area is 147 Å². The Morgan fingerprint density at radius 2 is 1.29 bits per heavy atom. The van der Waals surface area contributed by atoms with E-state index in [0.717, 1.165) is 38.6 Å². The molecule has 0 heterocycles. The molecule has 0 aromatic rings. The lowest BCUT2D eigenvalue weighted by atomic mass is 10.2. The molecule has 0 amide bonds. The molecule has 0 saturated heterocycles. The van der Waals surface area contributed by atoms with E-state index in [9.17, 15) is 16.8 Å². The van der Waals surface area contributed by atoms with Gasteiger partial charge < -0.3 is 5.32 Å². The van der Waals surface area contributed by atoms with Crippen molar-refractivity contribution >= 4 is 20.2 Å². The van der Waals surface area contributed by atoms with Gasteiger partial charge in [-0.25, -0.2) is 0 Å². The van der Waals surface area contributed by atoms with E-state index >= 15 is 0 Å². The summed E-state index contributed by atoms with van der Waals surface area (Å²) in [4.78, 5) is 0. The molecule has 146 valence electrons. The summed E-state index contributed by atoms with van der Waals surface area (Å²) < 4.78 is 55.2. The molecule has 0 radical (unpaired) electrons. The topological polar surface area (TPSA) is 98.8 Å². The summed E-state index contributed by atoms with van der Waals surface area (Å²) >= 11 is 0. The van der Waals surface area contributed by atoms with Gasteiger partial charge in [-0.3, -0.25) is 8.37 Å². The third-order valence-electron chi connectivity index (χ3n) is 3.25. The SMILES string of the molecule is CCCCS(=O)(=O)OCCNCCCCCCOS(=O)(=O)CCC. The van der Waals surface area contributed by atoms with Gasteiger partial charge in [0.2, 0.25) is 0 Å². The van der Waals surface area contributed by atoms with Gasteiger partial charge in [-0.05, 0) is 32.2 Å². The summed E-state index contributed by atoms with van der Waals surface area (Å²) in [5, 5.41) is 3.13. The first kappa shape index (κ1) is 23.8. The Kier molecular flexibility index (Phi) is 13.9. The van der Waals surface area contributed by atoms with Crippen molar-refractivity contribution in [3.05, 3.63) is 0 Å². The largest absolute Gasteiger partial charge is 0.314 e. The molecule has 0 spiro atoms. The van der Waals surface area contributed by atoms with Crippen LogP contribution in [-0.4, -0.2) is 54.6 Å². The second-order valence-corrected chi connectivity index (χ2v) is 9.20. The van der Waals surface area contributed by atoms with E-state index in [4.69, 9.17) is 8.37 Å². The van der Waals surface area contributed by atoms with E-state index in [2.05, 4.69) is 5.32 Å². The third-order valence-corrected chi connectivity index (χ3v) is 6.00. The second-order valence-electron chi connectivity index (χ2n) is 5.69. The van der Waals surface area contributed by atoms with Gasteiger partial charge in [0, 0.05) is 6.54 Å². The van der Waals surface area contributed by atoms with Crippen LogP contribution in [0, 0.1) is 0 Å². The van der Waals surface area contributed by atoms with Crippen molar-refractivity contribution in [3.8, 4) is 0 Å². The van der Waals surface area contributed by atoms with Gasteiger partial charge in [0.1, 0.15) is 0 Å². The number of nitrogens with one attached hydrogen (secondary N) is 1. The monoisotopic (exact) mass is 387 g/mol. The van der Waals surface area contributed by atoms with Crippen LogP contribution >= 0.6 is 0 Å². The normalized spacial score (nSPS) is 12.6. The zero-order valence-corrected chi connectivity index (χ0v) is 16.6. The zero-order valence-electron chi connectivity index (χ0n) is 15.0. The van der Waals surface area contributed by atoms with Crippen molar-refractivity contribution in [1.82, 2.24) is 5.32 Å². The molecule has 0 fully saturated rings. The van der Waals surface area contributed by atoms with Crippen molar-refractivity contribution < 1.29 is 25.2 Å². The van der Waals surface area contributed by atoms with Gasteiger partial charge in [0.25, 0.3) is 20.2 Å². The highest BCUT2D eigenvalue weighted by atomic mass is 32.2. The summed E-state index contributed by atoms with van der Waals surface area (Å²) in [6, 6.07) is 0. The molecule has 1 N–H and O–H groups in total. The highest BCUT2D eigenvalue weighted by Crippen LogP contribution is 2.03. The van der Waals surface area contributed by atoms with E-state index in [0.29, 0.717) is 19.4 Å². The van der Waals surface area contributed by atoms with Crippen molar-refractivity contribution in [1.29, 1.82) is 0 Å². The lowest BCUT2D eigenvalue weighted by Crippen LogP contribution is -2.23. The first-order valence-corrected chi connectivity index (χ1v) is 11.9. The van der Waals surface area contributed by atoms with Crippen molar-refractivity contribution in [2.24, 2.45) is 0 Å². The highest BCUT2D eigenvalue weighted by molar-refractivity contribution is 7.86. The lowest BCUT2D eigenvalue weighted by molar-refractivity contribution is 0.305. The molecule has 0 atom stereocenters. The minimum Gasteiger partial charge on any atom is -0.314 e. The van der Waals surface area contributed by atoms with Gasteiger partial charge in [-0.15, -0.1) is 0 Å². The van der Waals surface area contributed by atoms with E-state index < -0.39 is 20.2 Å². The van der Waals surface area contributed by atoms with Crippen LogP contribution in [0.5, 0.6) is 0 Å². The van der Waals surface area contributed by atoms with Gasteiger partial charge in [0.15, 0.2) is 0 Å². The Bertz CT molecular complexity index is 490. The molecule has 0 saturated carbocycles. The fraction of sp³-hybridized carbons (Fsp3) is 1.00. The minimum atomic E-state index is -3.37. The number of rotatable bonds is 17. The summed E-state index contributed by atoms with van der Waals surface area (Å²) in [5.41, 5.74) is 0. The second kappa shape index (κ2) is 14.0. The van der Waals surface area contributed by atoms with Crippen LogP contribution in [0.4, 0.5) is 0 Å². The van der Waals surface area contributed by atoms with Gasteiger partial charge in [-0.2, -0.15) is 16.8 Å². The van der Waals surface area contributed by atoms with Crippen LogP contribution in [-0.2, 0) is 28.6 Å². The quantitative estimate of drug-likeness (QED) is 0.301. The minimum absolute atomic E-state index is 0.0765.